The second kappa shape index (κ2) is 11.7. The number of amides is 2. The molecular weight excluding hydrogens is 603 g/mol. The summed E-state index contributed by atoms with van der Waals surface area (Å²) in [6, 6.07) is 20.3. The van der Waals surface area contributed by atoms with E-state index < -0.39 is 69.6 Å². The molecule has 2 N–H and O–H groups in total. The van der Waals surface area contributed by atoms with E-state index in [9.17, 15) is 14.0 Å². The van der Waals surface area contributed by atoms with Gasteiger partial charge in [-0.1, -0.05) is 72.8 Å². The van der Waals surface area contributed by atoms with Gasteiger partial charge in [0.25, 0.3) is 11.8 Å². The maximum absolute atomic E-state index is 15.1. The monoisotopic (exact) mass is 625 g/mol. The molecule has 0 saturated carbocycles. The fraction of sp³-hybridized carbons (Fsp3) is 0.182. The Hall–Kier alpha value is -5.18. The Morgan fingerprint density at radius 1 is 0.822 bits per heavy atom. The highest BCUT2D eigenvalue weighted by atomic mass is 19.4. The molecule has 2 atom stereocenters. The third-order valence-corrected chi connectivity index (χ3v) is 7.73. The molecule has 2 amide bonds. The molecule has 4 aromatic rings. The molecule has 1 aliphatic heterocycles. The summed E-state index contributed by atoms with van der Waals surface area (Å²) in [6.45, 7) is -0.185. The number of halogens is 7. The summed E-state index contributed by atoms with van der Waals surface area (Å²) in [5.74, 6) is -8.49. The first kappa shape index (κ1) is 31.3. The average molecular weight is 626 g/mol. The van der Waals surface area contributed by atoms with Crippen molar-refractivity contribution >= 4 is 11.8 Å². The molecule has 4 aromatic carbocycles. The fourth-order valence-electron chi connectivity index (χ4n) is 5.94. The lowest BCUT2D eigenvalue weighted by Crippen LogP contribution is -2.57. The van der Waals surface area contributed by atoms with Crippen LogP contribution in [-0.2, 0) is 12.1 Å². The van der Waals surface area contributed by atoms with Crippen LogP contribution in [0.25, 0.3) is 0 Å². The second-order valence-corrected chi connectivity index (χ2v) is 10.5. The van der Waals surface area contributed by atoms with Gasteiger partial charge in [-0.3, -0.25) is 9.59 Å². The van der Waals surface area contributed by atoms with Crippen LogP contribution in [0.3, 0.4) is 0 Å². The van der Waals surface area contributed by atoms with E-state index in [0.717, 1.165) is 48.5 Å². The molecule has 0 aromatic heterocycles. The number of carbonyl (C=O) groups is 2. The van der Waals surface area contributed by atoms with Gasteiger partial charge >= 0.3 is 12.4 Å². The molecule has 45 heavy (non-hydrogen) atoms. The number of nitriles is 1. The predicted octanol–water partition coefficient (Wildman–Crippen LogP) is 7.26. The number of carbonyl (C=O) groups excluding carboxylic acids is 2. The molecule has 0 fully saturated rings. The Morgan fingerprint density at radius 3 is 1.89 bits per heavy atom. The number of hydrogen-bond acceptors (Lipinski definition) is 3. The maximum Gasteiger partial charge on any atom is 0.398 e. The van der Waals surface area contributed by atoms with Gasteiger partial charge in [0.2, 0.25) is 0 Å². The minimum atomic E-state index is -5.28. The van der Waals surface area contributed by atoms with Crippen LogP contribution >= 0.6 is 0 Å². The minimum Gasteiger partial charge on any atom is -0.348 e. The highest BCUT2D eigenvalue weighted by Crippen LogP contribution is 2.60. The Bertz CT molecular complexity index is 1720. The van der Waals surface area contributed by atoms with Crippen molar-refractivity contribution in [3.63, 3.8) is 0 Å². The lowest BCUT2D eigenvalue weighted by atomic mass is 9.64. The molecule has 230 valence electrons. The number of hydrogen-bond donors (Lipinski definition) is 2. The van der Waals surface area contributed by atoms with Crippen LogP contribution in [0.5, 0.6) is 0 Å². The first-order valence-electron chi connectivity index (χ1n) is 13.4. The topological polar surface area (TPSA) is 82.0 Å². The highest BCUT2D eigenvalue weighted by molar-refractivity contribution is 6.04. The molecule has 0 saturated heterocycles. The Labute approximate surface area is 252 Å². The van der Waals surface area contributed by atoms with Crippen LogP contribution in [0.15, 0.2) is 97.1 Å². The van der Waals surface area contributed by atoms with Crippen molar-refractivity contribution in [3.05, 3.63) is 142 Å². The van der Waals surface area contributed by atoms with Gasteiger partial charge in [0, 0.05) is 17.7 Å². The van der Waals surface area contributed by atoms with E-state index in [1.807, 2.05) is 0 Å². The number of nitrogens with zero attached hydrogens (tertiary/aromatic N) is 1. The van der Waals surface area contributed by atoms with Crippen molar-refractivity contribution in [1.29, 1.82) is 5.26 Å². The zero-order chi connectivity index (χ0) is 32.6. The number of rotatable bonds is 7. The molecule has 0 aliphatic carbocycles. The lowest BCUT2D eigenvalue weighted by molar-refractivity contribution is -0.207. The zero-order valence-corrected chi connectivity index (χ0v) is 23.0. The van der Waals surface area contributed by atoms with Gasteiger partial charge in [0.05, 0.1) is 11.1 Å². The van der Waals surface area contributed by atoms with E-state index in [1.54, 1.807) is 6.07 Å². The zero-order valence-electron chi connectivity index (χ0n) is 23.0. The van der Waals surface area contributed by atoms with Gasteiger partial charge in [0.15, 0.2) is 0 Å². The average Bonchev–Trinajstić information content (AvgIpc) is 3.27. The molecule has 0 bridgehead atoms. The van der Waals surface area contributed by atoms with Crippen LogP contribution in [0.4, 0.5) is 30.7 Å². The van der Waals surface area contributed by atoms with Gasteiger partial charge in [-0.2, -0.15) is 31.6 Å². The summed E-state index contributed by atoms with van der Waals surface area (Å²) < 4.78 is 104. The second-order valence-electron chi connectivity index (χ2n) is 10.5. The van der Waals surface area contributed by atoms with Crippen LogP contribution < -0.4 is 10.6 Å². The number of benzene rings is 4. The normalized spacial score (nSPS) is 17.5. The maximum atomic E-state index is 15.1. The first-order chi connectivity index (χ1) is 21.3. The number of fused-ring (bicyclic) bond motifs is 1. The quantitative estimate of drug-likeness (QED) is 0.212. The third kappa shape index (κ3) is 5.85. The Morgan fingerprint density at radius 2 is 1.38 bits per heavy atom. The molecule has 0 radical (unpaired) electrons. The molecule has 12 heteroatoms. The lowest BCUT2D eigenvalue weighted by Gasteiger charge is -2.45. The SMILES string of the molecule is N#Cc1cc(CNC(=O)c2ccc3c(c2)C(=O)NC3(C(c2ccccc2)C(F)(F)F)C(c2ccccc2)C(F)(F)F)ccc1F. The van der Waals surface area contributed by atoms with E-state index >= 15 is 26.3 Å². The van der Waals surface area contributed by atoms with Gasteiger partial charge in [-0.15, -0.1) is 0 Å². The molecule has 1 heterocycles. The van der Waals surface area contributed by atoms with E-state index in [-0.39, 0.29) is 17.7 Å². The van der Waals surface area contributed by atoms with Crippen molar-refractivity contribution in [2.24, 2.45) is 0 Å². The first-order valence-corrected chi connectivity index (χ1v) is 13.4. The summed E-state index contributed by atoms with van der Waals surface area (Å²) >= 11 is 0. The molecule has 2 unspecified atom stereocenters. The van der Waals surface area contributed by atoms with Crippen LogP contribution in [0.1, 0.15) is 60.4 Å². The smallest absolute Gasteiger partial charge is 0.348 e. The van der Waals surface area contributed by atoms with Gasteiger partial charge in [0.1, 0.15) is 23.7 Å². The summed E-state index contributed by atoms with van der Waals surface area (Å²) in [7, 11) is 0. The predicted molar refractivity (Wildman–Crippen MR) is 148 cm³/mol. The van der Waals surface area contributed by atoms with Crippen molar-refractivity contribution in [3.8, 4) is 6.07 Å². The summed E-state index contributed by atoms with van der Waals surface area (Å²) in [5.41, 5.74) is -5.31. The Balaban J connectivity index is 1.65. The largest absolute Gasteiger partial charge is 0.398 e. The van der Waals surface area contributed by atoms with Crippen LogP contribution in [-0.4, -0.2) is 24.2 Å². The molecule has 0 spiro atoms. The Kier molecular flexibility index (Phi) is 8.14. The molecule has 1 aliphatic rings. The van der Waals surface area contributed by atoms with Gasteiger partial charge in [-0.25, -0.2) is 4.39 Å². The third-order valence-electron chi connectivity index (χ3n) is 7.73. The van der Waals surface area contributed by atoms with Crippen molar-refractivity contribution < 1.29 is 40.3 Å². The number of alkyl halides is 6. The van der Waals surface area contributed by atoms with Crippen LogP contribution in [0.2, 0.25) is 0 Å². The van der Waals surface area contributed by atoms with Gasteiger partial charge in [-0.05, 0) is 46.5 Å². The van der Waals surface area contributed by atoms with Crippen molar-refractivity contribution in [2.45, 2.75) is 36.3 Å². The molecule has 5 nitrogen and oxygen atoms in total. The van der Waals surface area contributed by atoms with Crippen LogP contribution in [0, 0.1) is 17.1 Å². The minimum absolute atomic E-state index is 0.185. The summed E-state index contributed by atoms with van der Waals surface area (Å²) in [6.07, 6.45) is -10.6. The van der Waals surface area contributed by atoms with Crippen molar-refractivity contribution in [2.75, 3.05) is 0 Å². The van der Waals surface area contributed by atoms with Crippen molar-refractivity contribution in [1.82, 2.24) is 10.6 Å². The number of nitrogens with one attached hydrogen (secondary N) is 2. The molecule has 5 rings (SSSR count). The fourth-order valence-corrected chi connectivity index (χ4v) is 5.94. The van der Waals surface area contributed by atoms with E-state index in [4.69, 9.17) is 5.26 Å². The van der Waals surface area contributed by atoms with E-state index in [1.165, 1.54) is 48.5 Å². The highest BCUT2D eigenvalue weighted by Gasteiger charge is 2.68. The van der Waals surface area contributed by atoms with E-state index in [0.29, 0.717) is 5.56 Å². The summed E-state index contributed by atoms with van der Waals surface area (Å²) in [4.78, 5) is 26.4. The van der Waals surface area contributed by atoms with Gasteiger partial charge < -0.3 is 10.6 Å². The summed E-state index contributed by atoms with van der Waals surface area (Å²) in [5, 5.41) is 13.6. The van der Waals surface area contributed by atoms with E-state index in [2.05, 4.69) is 10.6 Å². The standard InChI is InChI=1S/C33H22F7N3O2/c34-26-14-11-19(15-23(26)17-41)18-42-29(44)22-12-13-25-24(16-22)30(45)43-31(25,27(32(35,36)37)20-7-3-1-4-8-20)28(33(38,39)40)21-9-5-2-6-10-21/h1-16,27-28H,18H2,(H,42,44)(H,43,45). The molecular formula is C33H22F7N3O2.